The number of fused-ring (bicyclic) bond motifs is 3. The van der Waals surface area contributed by atoms with Gasteiger partial charge in [-0.3, -0.25) is 9.59 Å². The summed E-state index contributed by atoms with van der Waals surface area (Å²) in [5, 5.41) is 7.00. The van der Waals surface area contributed by atoms with Gasteiger partial charge < -0.3 is 15.5 Å². The summed E-state index contributed by atoms with van der Waals surface area (Å²) in [7, 11) is 0. The van der Waals surface area contributed by atoms with Crippen LogP contribution in [0.4, 0.5) is 5.69 Å². The average molecular weight is 480 g/mol. The maximum absolute atomic E-state index is 14.2. The highest BCUT2D eigenvalue weighted by Crippen LogP contribution is 2.51. The summed E-state index contributed by atoms with van der Waals surface area (Å²) in [6.07, 6.45) is 4.71. The lowest BCUT2D eigenvalue weighted by Gasteiger charge is -2.42. The van der Waals surface area contributed by atoms with Gasteiger partial charge in [-0.1, -0.05) is 79.6 Å². The molecule has 1 saturated carbocycles. The second kappa shape index (κ2) is 9.81. The molecular formula is C31H33N3O2. The molecule has 0 spiro atoms. The number of nitrogens with one attached hydrogen (secondary N) is 2. The van der Waals surface area contributed by atoms with E-state index in [1.54, 1.807) is 0 Å². The summed E-state index contributed by atoms with van der Waals surface area (Å²) in [4.78, 5) is 29.3. The molecule has 2 N–H and O–H groups in total. The van der Waals surface area contributed by atoms with Gasteiger partial charge in [0.1, 0.15) is 0 Å². The highest BCUT2D eigenvalue weighted by molar-refractivity contribution is 5.95. The van der Waals surface area contributed by atoms with Crippen molar-refractivity contribution in [2.24, 2.45) is 11.8 Å². The van der Waals surface area contributed by atoms with E-state index >= 15 is 0 Å². The highest BCUT2D eigenvalue weighted by atomic mass is 16.2. The SMILES string of the molecule is O=C(N[C@@H]1CCCC[C@@H]1C(=O)N1CC[C@@H]2[C@H](c3ccccc3)Nc3ccccc3[C@@H]21)c1ccccc1. The third-order valence-electron chi connectivity index (χ3n) is 8.34. The van der Waals surface area contributed by atoms with Crippen LogP contribution in [0.2, 0.25) is 0 Å². The van der Waals surface area contributed by atoms with E-state index in [-0.39, 0.29) is 35.9 Å². The minimum atomic E-state index is -0.178. The molecule has 2 amide bonds. The van der Waals surface area contributed by atoms with Crippen LogP contribution in [-0.4, -0.2) is 29.3 Å². The molecule has 1 saturated heterocycles. The van der Waals surface area contributed by atoms with Gasteiger partial charge in [-0.2, -0.15) is 0 Å². The zero-order chi connectivity index (χ0) is 24.5. The topological polar surface area (TPSA) is 61.4 Å². The van der Waals surface area contributed by atoms with Crippen molar-refractivity contribution >= 4 is 17.5 Å². The number of likely N-dealkylation sites (tertiary alicyclic amines) is 1. The summed E-state index contributed by atoms with van der Waals surface area (Å²) in [6.45, 7) is 0.753. The van der Waals surface area contributed by atoms with Crippen LogP contribution in [0.3, 0.4) is 0 Å². The maximum Gasteiger partial charge on any atom is 0.251 e. The fraction of sp³-hybridized carbons (Fsp3) is 0.355. The first kappa shape index (κ1) is 22.8. The Labute approximate surface area is 212 Å². The number of anilines is 1. The van der Waals surface area contributed by atoms with Gasteiger partial charge in [0.05, 0.1) is 18.0 Å². The molecule has 3 aromatic carbocycles. The molecule has 2 fully saturated rings. The smallest absolute Gasteiger partial charge is 0.251 e. The summed E-state index contributed by atoms with van der Waals surface area (Å²) >= 11 is 0. The third-order valence-corrected chi connectivity index (χ3v) is 8.34. The number of hydrogen-bond donors (Lipinski definition) is 2. The first-order valence-corrected chi connectivity index (χ1v) is 13.3. The van der Waals surface area contributed by atoms with Crippen LogP contribution in [0.25, 0.3) is 0 Å². The Balaban J connectivity index is 1.28. The van der Waals surface area contributed by atoms with E-state index in [2.05, 4.69) is 70.1 Å². The molecule has 2 aliphatic heterocycles. The Morgan fingerprint density at radius 3 is 2.31 bits per heavy atom. The first-order chi connectivity index (χ1) is 17.7. The fourth-order valence-corrected chi connectivity index (χ4v) is 6.62. The number of rotatable bonds is 4. The van der Waals surface area contributed by atoms with E-state index in [1.807, 2.05) is 30.3 Å². The van der Waals surface area contributed by atoms with Gasteiger partial charge in [0, 0.05) is 29.8 Å². The quantitative estimate of drug-likeness (QED) is 0.502. The Morgan fingerprint density at radius 2 is 1.50 bits per heavy atom. The standard InChI is InChI=1S/C31H33N3O2/c35-30(22-13-5-2-6-14-22)33-27-18-10-8-16-24(27)31(36)34-20-19-25-28(21-11-3-1-4-12-21)32-26-17-9-7-15-23(26)29(25)34/h1-7,9,11-15,17,24-25,27-29,32H,8,10,16,18-20H2,(H,33,35)/t24-,25+,27+,28-,29-/m0/s1. The molecule has 5 nitrogen and oxygen atoms in total. The molecule has 36 heavy (non-hydrogen) atoms. The Morgan fingerprint density at radius 1 is 0.806 bits per heavy atom. The van der Waals surface area contributed by atoms with Crippen molar-refractivity contribution in [1.29, 1.82) is 0 Å². The van der Waals surface area contributed by atoms with Crippen LogP contribution in [0.15, 0.2) is 84.9 Å². The van der Waals surface area contributed by atoms with Crippen LogP contribution in [0, 0.1) is 11.8 Å². The molecule has 3 aliphatic rings. The number of amides is 2. The highest BCUT2D eigenvalue weighted by Gasteiger charge is 2.48. The largest absolute Gasteiger partial charge is 0.378 e. The van der Waals surface area contributed by atoms with Gasteiger partial charge in [0.25, 0.3) is 5.91 Å². The van der Waals surface area contributed by atoms with E-state index in [1.165, 1.54) is 11.1 Å². The van der Waals surface area contributed by atoms with Gasteiger partial charge in [-0.15, -0.1) is 0 Å². The molecule has 5 atom stereocenters. The monoisotopic (exact) mass is 479 g/mol. The molecule has 2 heterocycles. The number of nitrogens with zero attached hydrogens (tertiary/aromatic N) is 1. The van der Waals surface area contributed by atoms with Crippen molar-refractivity contribution in [3.05, 3.63) is 102 Å². The summed E-state index contributed by atoms with van der Waals surface area (Å²) in [6, 6.07) is 28.4. The zero-order valence-electron chi connectivity index (χ0n) is 20.5. The maximum atomic E-state index is 14.2. The molecule has 6 rings (SSSR count). The van der Waals surface area contributed by atoms with Crippen LogP contribution in [-0.2, 0) is 4.79 Å². The van der Waals surface area contributed by atoms with Crippen LogP contribution in [0.1, 0.15) is 65.7 Å². The second-order valence-electron chi connectivity index (χ2n) is 10.4. The lowest BCUT2D eigenvalue weighted by atomic mass is 9.79. The Hall–Kier alpha value is -3.60. The van der Waals surface area contributed by atoms with Crippen LogP contribution < -0.4 is 10.6 Å². The van der Waals surface area contributed by atoms with Crippen molar-refractivity contribution in [1.82, 2.24) is 10.2 Å². The first-order valence-electron chi connectivity index (χ1n) is 13.3. The van der Waals surface area contributed by atoms with E-state index in [0.717, 1.165) is 44.3 Å². The van der Waals surface area contributed by atoms with Gasteiger partial charge in [0.15, 0.2) is 0 Å². The minimum absolute atomic E-state index is 0.0487. The fourth-order valence-electron chi connectivity index (χ4n) is 6.62. The molecule has 0 radical (unpaired) electrons. The van der Waals surface area contributed by atoms with Crippen molar-refractivity contribution in [2.45, 2.75) is 50.2 Å². The van der Waals surface area contributed by atoms with Crippen molar-refractivity contribution in [3.63, 3.8) is 0 Å². The summed E-state index contributed by atoms with van der Waals surface area (Å²) < 4.78 is 0. The summed E-state index contributed by atoms with van der Waals surface area (Å²) in [5.41, 5.74) is 4.24. The van der Waals surface area contributed by atoms with Gasteiger partial charge in [-0.25, -0.2) is 0 Å². The molecular weight excluding hydrogens is 446 g/mol. The average Bonchev–Trinajstić information content (AvgIpc) is 3.39. The van der Waals surface area contributed by atoms with E-state index in [9.17, 15) is 9.59 Å². The number of carbonyl (C=O) groups excluding carboxylic acids is 2. The van der Waals surface area contributed by atoms with Crippen molar-refractivity contribution in [2.75, 3.05) is 11.9 Å². The Kier molecular flexibility index (Phi) is 6.22. The Bertz CT molecular complexity index is 1230. The van der Waals surface area contributed by atoms with E-state index < -0.39 is 0 Å². The van der Waals surface area contributed by atoms with Crippen molar-refractivity contribution in [3.8, 4) is 0 Å². The number of benzene rings is 3. The van der Waals surface area contributed by atoms with Crippen molar-refractivity contribution < 1.29 is 9.59 Å². The van der Waals surface area contributed by atoms with E-state index in [0.29, 0.717) is 11.5 Å². The molecule has 3 aromatic rings. The van der Waals surface area contributed by atoms with Gasteiger partial charge in [-0.05, 0) is 48.6 Å². The predicted molar refractivity (Wildman–Crippen MR) is 141 cm³/mol. The normalized spacial score (nSPS) is 26.9. The molecule has 184 valence electrons. The third kappa shape index (κ3) is 4.17. The number of hydrogen-bond acceptors (Lipinski definition) is 3. The lowest BCUT2D eigenvalue weighted by Crippen LogP contribution is -2.50. The summed E-state index contributed by atoms with van der Waals surface area (Å²) in [5.74, 6) is 0.245. The molecule has 0 aromatic heterocycles. The molecule has 0 unspecified atom stereocenters. The number of carbonyl (C=O) groups is 2. The van der Waals surface area contributed by atoms with Gasteiger partial charge in [0.2, 0.25) is 5.91 Å². The lowest BCUT2D eigenvalue weighted by molar-refractivity contribution is -0.138. The molecule has 5 heteroatoms. The second-order valence-corrected chi connectivity index (χ2v) is 10.4. The van der Waals surface area contributed by atoms with Gasteiger partial charge >= 0.3 is 0 Å². The van der Waals surface area contributed by atoms with Crippen LogP contribution in [0.5, 0.6) is 0 Å². The van der Waals surface area contributed by atoms with E-state index in [4.69, 9.17) is 0 Å². The number of para-hydroxylation sites is 1. The molecule has 1 aliphatic carbocycles. The zero-order valence-corrected chi connectivity index (χ0v) is 20.5. The minimum Gasteiger partial charge on any atom is -0.378 e. The van der Waals surface area contributed by atoms with Crippen LogP contribution >= 0.6 is 0 Å². The predicted octanol–water partition coefficient (Wildman–Crippen LogP) is 5.73. The molecule has 0 bridgehead atoms.